The number of carbonyl (C=O) groups excluding carboxylic acids is 1. The Kier molecular flexibility index (Phi) is 4.29. The van der Waals surface area contributed by atoms with Crippen molar-refractivity contribution >= 4 is 17.5 Å². The van der Waals surface area contributed by atoms with Gasteiger partial charge in [-0.3, -0.25) is 0 Å². The highest BCUT2D eigenvalue weighted by Gasteiger charge is 2.71. The summed E-state index contributed by atoms with van der Waals surface area (Å²) in [7, 11) is 0. The first kappa shape index (κ1) is 17.9. The Morgan fingerprint density at radius 2 is 1.68 bits per heavy atom. The Bertz CT molecular complexity index is 434. The summed E-state index contributed by atoms with van der Waals surface area (Å²) in [6.07, 6.45) is 2.48. The summed E-state index contributed by atoms with van der Waals surface area (Å²) in [5.41, 5.74) is -0.388. The summed E-state index contributed by atoms with van der Waals surface area (Å²) < 4.78 is 20.5. The molecule has 3 saturated carbocycles. The predicted octanol–water partition coefficient (Wildman–Crippen LogP) is 2.87. The van der Waals surface area contributed by atoms with E-state index in [2.05, 4.69) is 17.0 Å². The second-order valence-corrected chi connectivity index (χ2v) is 11.0. The van der Waals surface area contributed by atoms with Crippen molar-refractivity contribution in [3.8, 4) is 0 Å². The molecule has 3 aliphatic carbocycles. The molecule has 22 heavy (non-hydrogen) atoms. The van der Waals surface area contributed by atoms with Crippen molar-refractivity contribution < 1.29 is 14.1 Å². The van der Waals surface area contributed by atoms with E-state index in [1.807, 2.05) is 41.5 Å². The summed E-state index contributed by atoms with van der Waals surface area (Å²) in [6, 6.07) is 0.190. The van der Waals surface area contributed by atoms with Gasteiger partial charge in [-0.1, -0.05) is 0 Å². The minimum Gasteiger partial charge on any atom is -0.598 e. The van der Waals surface area contributed by atoms with Crippen LogP contribution in [0.2, 0.25) is 0 Å². The van der Waals surface area contributed by atoms with Gasteiger partial charge in [0.2, 0.25) is 0 Å². The van der Waals surface area contributed by atoms with Crippen LogP contribution in [0.3, 0.4) is 0 Å². The Morgan fingerprint density at radius 3 is 2.09 bits per heavy atom. The molecule has 0 saturated heterocycles. The average Bonchev–Trinajstić information content (AvgIpc) is 2.16. The van der Waals surface area contributed by atoms with E-state index in [0.29, 0.717) is 0 Å². The lowest BCUT2D eigenvalue weighted by atomic mass is 9.37. The van der Waals surface area contributed by atoms with Crippen molar-refractivity contribution in [1.82, 2.24) is 10.0 Å². The minimum atomic E-state index is -1.06. The summed E-state index contributed by atoms with van der Waals surface area (Å²) in [4.78, 5) is 11.9. The molecular formula is C16H30N2O3S. The topological polar surface area (TPSA) is 73.4 Å². The Hall–Kier alpha value is -0.460. The van der Waals surface area contributed by atoms with Gasteiger partial charge in [0.1, 0.15) is 10.3 Å². The van der Waals surface area contributed by atoms with Gasteiger partial charge in [0, 0.05) is 16.9 Å². The van der Waals surface area contributed by atoms with E-state index >= 15 is 0 Å². The lowest BCUT2D eigenvalue weighted by Crippen LogP contribution is -2.79. The van der Waals surface area contributed by atoms with Crippen LogP contribution < -0.4 is 10.0 Å². The SMILES string of the molecule is C[C@H](N[S+]([O-])C(C)(C)C)C12CC(NC(=O)OC(C)(C)C)(C1)C2. The maximum atomic E-state index is 12.2. The molecule has 2 atom stereocenters. The first-order chi connectivity index (χ1) is 9.77. The van der Waals surface area contributed by atoms with Gasteiger partial charge in [0.05, 0.1) is 6.04 Å². The predicted molar refractivity (Wildman–Crippen MR) is 88.9 cm³/mol. The van der Waals surface area contributed by atoms with Gasteiger partial charge < -0.3 is 14.6 Å². The first-order valence-corrected chi connectivity index (χ1v) is 9.11. The number of hydrogen-bond donors (Lipinski definition) is 2. The van der Waals surface area contributed by atoms with Crippen LogP contribution in [0.5, 0.6) is 0 Å². The van der Waals surface area contributed by atoms with E-state index in [1.165, 1.54) is 0 Å². The minimum absolute atomic E-state index is 0.0957. The number of alkyl carbamates (subject to hydrolysis) is 1. The van der Waals surface area contributed by atoms with Gasteiger partial charge >= 0.3 is 6.09 Å². The van der Waals surface area contributed by atoms with Gasteiger partial charge in [0.15, 0.2) is 0 Å². The largest absolute Gasteiger partial charge is 0.598 e. The Labute approximate surface area is 137 Å². The van der Waals surface area contributed by atoms with E-state index in [1.54, 1.807) is 0 Å². The van der Waals surface area contributed by atoms with Crippen molar-refractivity contribution in [3.05, 3.63) is 0 Å². The average molecular weight is 330 g/mol. The highest BCUT2D eigenvalue weighted by Crippen LogP contribution is 2.68. The van der Waals surface area contributed by atoms with Crippen LogP contribution >= 0.6 is 0 Å². The van der Waals surface area contributed by atoms with Gasteiger partial charge in [-0.25, -0.2) is 4.79 Å². The molecule has 0 radical (unpaired) electrons. The third kappa shape index (κ3) is 3.54. The molecular weight excluding hydrogens is 300 g/mol. The molecule has 0 aromatic carbocycles. The lowest BCUT2D eigenvalue weighted by molar-refractivity contribution is -0.166. The van der Waals surface area contributed by atoms with Gasteiger partial charge in [0.25, 0.3) is 0 Å². The van der Waals surface area contributed by atoms with Crippen molar-refractivity contribution in [2.45, 2.75) is 89.7 Å². The van der Waals surface area contributed by atoms with E-state index in [4.69, 9.17) is 4.74 Å². The summed E-state index contributed by atoms with van der Waals surface area (Å²) in [5.74, 6) is 0. The Morgan fingerprint density at radius 1 is 1.18 bits per heavy atom. The van der Waals surface area contributed by atoms with Crippen LogP contribution in [-0.2, 0) is 16.1 Å². The highest BCUT2D eigenvalue weighted by atomic mass is 32.2. The molecule has 1 unspecified atom stereocenters. The third-order valence-corrected chi connectivity index (χ3v) is 6.28. The molecule has 3 rings (SSSR count). The number of carbonyl (C=O) groups is 1. The zero-order chi connectivity index (χ0) is 17.0. The molecule has 0 heterocycles. The van der Waals surface area contributed by atoms with Crippen molar-refractivity contribution in [1.29, 1.82) is 0 Å². The second-order valence-electron chi connectivity index (χ2n) is 9.02. The lowest BCUT2D eigenvalue weighted by Gasteiger charge is -2.72. The quantitative estimate of drug-likeness (QED) is 0.777. The van der Waals surface area contributed by atoms with E-state index in [0.717, 1.165) is 19.3 Å². The number of hydrogen-bond acceptors (Lipinski definition) is 4. The smallest absolute Gasteiger partial charge is 0.408 e. The van der Waals surface area contributed by atoms with Crippen LogP contribution in [0.25, 0.3) is 0 Å². The second kappa shape index (κ2) is 5.28. The maximum absolute atomic E-state index is 12.2. The highest BCUT2D eigenvalue weighted by molar-refractivity contribution is 7.90. The molecule has 6 heteroatoms. The number of nitrogens with one attached hydrogen (secondary N) is 2. The zero-order valence-electron chi connectivity index (χ0n) is 14.8. The van der Waals surface area contributed by atoms with E-state index < -0.39 is 17.0 Å². The van der Waals surface area contributed by atoms with Crippen molar-refractivity contribution in [2.75, 3.05) is 0 Å². The molecule has 3 fully saturated rings. The zero-order valence-corrected chi connectivity index (χ0v) is 15.6. The monoisotopic (exact) mass is 330 g/mol. The molecule has 3 aliphatic rings. The Balaban J connectivity index is 1.80. The van der Waals surface area contributed by atoms with Gasteiger partial charge in [-0.05, 0) is 73.1 Å². The van der Waals surface area contributed by atoms with Crippen LogP contribution in [-0.4, -0.2) is 32.6 Å². The summed E-state index contributed by atoms with van der Waals surface area (Å²) in [5, 5.41) is 3.01. The molecule has 1 amide bonds. The van der Waals surface area contributed by atoms with E-state index in [9.17, 15) is 9.35 Å². The molecule has 2 N–H and O–H groups in total. The molecule has 128 valence electrons. The van der Waals surface area contributed by atoms with Crippen molar-refractivity contribution in [2.24, 2.45) is 5.41 Å². The van der Waals surface area contributed by atoms with Crippen LogP contribution in [0.1, 0.15) is 67.7 Å². The standard InChI is InChI=1S/C16H30N2O3S/c1-11(18-22(20)14(5,6)7)15-8-16(9-15,10-15)17-12(19)21-13(2,3)4/h11,18H,8-10H2,1-7H3,(H,17,19)/t11-,15?,16?,22?/m0/s1. The fourth-order valence-electron chi connectivity index (χ4n) is 3.44. The molecule has 2 bridgehead atoms. The third-order valence-electron chi connectivity index (χ3n) is 4.60. The van der Waals surface area contributed by atoms with Crippen molar-refractivity contribution in [3.63, 3.8) is 0 Å². The molecule has 5 nitrogen and oxygen atoms in total. The molecule has 0 spiro atoms. The summed E-state index contributed by atoms with van der Waals surface area (Å²) >= 11 is -1.06. The molecule has 0 aromatic rings. The molecule has 0 aliphatic heterocycles. The van der Waals surface area contributed by atoms with Crippen LogP contribution in [0, 0.1) is 5.41 Å². The van der Waals surface area contributed by atoms with Gasteiger partial charge in [-0.15, -0.1) is 4.72 Å². The van der Waals surface area contributed by atoms with Gasteiger partial charge in [-0.2, -0.15) is 0 Å². The number of amides is 1. The number of rotatable bonds is 4. The van der Waals surface area contributed by atoms with E-state index in [-0.39, 0.29) is 27.8 Å². The fraction of sp³-hybridized carbons (Fsp3) is 0.938. The molecule has 0 aromatic heterocycles. The van der Waals surface area contributed by atoms with Crippen LogP contribution in [0.15, 0.2) is 0 Å². The normalized spacial score (nSPS) is 33.3. The van der Waals surface area contributed by atoms with Crippen LogP contribution in [0.4, 0.5) is 4.79 Å². The first-order valence-electron chi connectivity index (χ1n) is 7.96. The maximum Gasteiger partial charge on any atom is 0.408 e. The summed E-state index contributed by atoms with van der Waals surface area (Å²) in [6.45, 7) is 13.6. The number of ether oxygens (including phenoxy) is 1. The fourth-order valence-corrected chi connectivity index (χ4v) is 4.37.